The van der Waals surface area contributed by atoms with Crippen LogP contribution in [0.15, 0.2) is 0 Å². The first kappa shape index (κ1) is 25.1. The van der Waals surface area contributed by atoms with Crippen LogP contribution in [0, 0.1) is 0 Å². The number of halogens is 8. The van der Waals surface area contributed by atoms with E-state index in [2.05, 4.69) is 0 Å². The molecule has 0 radical (unpaired) electrons. The summed E-state index contributed by atoms with van der Waals surface area (Å²) in [6.07, 6.45) is -5.08. The van der Waals surface area contributed by atoms with Gasteiger partial charge in [-0.3, -0.25) is 0 Å². The van der Waals surface area contributed by atoms with Crippen molar-refractivity contribution in [2.75, 3.05) is 0 Å². The highest BCUT2D eigenvalue weighted by atomic mass is 35.6. The van der Waals surface area contributed by atoms with Crippen LogP contribution in [0.4, 0.5) is 13.2 Å². The number of rotatable bonds is 0. The highest BCUT2D eigenvalue weighted by Gasteiger charge is 2.38. The van der Waals surface area contributed by atoms with Gasteiger partial charge in [-0.25, -0.2) is 9.59 Å². The smallest absolute Gasteiger partial charge is 0.478 e. The van der Waals surface area contributed by atoms with E-state index in [1.54, 1.807) is 0 Å². The van der Waals surface area contributed by atoms with Crippen LogP contribution in [0.2, 0.25) is 0 Å². The van der Waals surface area contributed by atoms with Crippen molar-refractivity contribution in [3.8, 4) is 0 Å². The first-order valence-corrected chi connectivity index (χ1v) is 3.62. The van der Waals surface area contributed by atoms with Crippen LogP contribution >= 0.6 is 59.6 Å². The standard InChI is InChI=1S/C2HCl3O2.C2HF3O2.2ClH/c2*3-2(4,5)1(6)7;;/h2*(H,6,7);2*1H. The van der Waals surface area contributed by atoms with Gasteiger partial charge < -0.3 is 10.2 Å². The highest BCUT2D eigenvalue weighted by Crippen LogP contribution is 2.25. The lowest BCUT2D eigenvalue weighted by molar-refractivity contribution is -0.192. The third kappa shape index (κ3) is 16.6. The minimum absolute atomic E-state index is 0. The zero-order valence-corrected chi connectivity index (χ0v) is 10.7. The molecule has 0 unspecified atom stereocenters. The minimum Gasteiger partial charge on any atom is -0.478 e. The first-order valence-electron chi connectivity index (χ1n) is 2.49. The van der Waals surface area contributed by atoms with Crippen molar-refractivity contribution in [1.82, 2.24) is 0 Å². The van der Waals surface area contributed by atoms with Gasteiger partial charge in [0.25, 0.3) is 3.79 Å². The summed E-state index contributed by atoms with van der Waals surface area (Å²) in [6.45, 7) is 0. The van der Waals surface area contributed by atoms with E-state index in [0.717, 1.165) is 0 Å². The Kier molecular flexibility index (Phi) is 14.5. The van der Waals surface area contributed by atoms with Crippen molar-refractivity contribution in [2.24, 2.45) is 0 Å². The fourth-order valence-corrected chi connectivity index (χ4v) is 0. The zero-order valence-electron chi connectivity index (χ0n) is 6.80. The second-order valence-corrected chi connectivity index (χ2v) is 3.89. The average Bonchev–Trinajstić information content (AvgIpc) is 1.83. The Hall–Kier alpha value is 0.180. The molecule has 2 N–H and O–H groups in total. The number of hydrogen-bond acceptors (Lipinski definition) is 2. The van der Waals surface area contributed by atoms with E-state index in [4.69, 9.17) is 49.8 Å². The van der Waals surface area contributed by atoms with Crippen molar-refractivity contribution < 1.29 is 33.0 Å². The Morgan fingerprint density at radius 1 is 0.875 bits per heavy atom. The molecular weight excluding hydrogens is 346 g/mol. The Morgan fingerprint density at radius 2 is 1.00 bits per heavy atom. The summed E-state index contributed by atoms with van der Waals surface area (Å²) in [5.74, 6) is -4.22. The molecule has 0 saturated heterocycles. The van der Waals surface area contributed by atoms with Crippen LogP contribution < -0.4 is 0 Å². The maximum atomic E-state index is 10.6. The van der Waals surface area contributed by atoms with Gasteiger partial charge in [0.1, 0.15) is 0 Å². The topological polar surface area (TPSA) is 74.6 Å². The summed E-state index contributed by atoms with van der Waals surface area (Å²) in [5.41, 5.74) is 0. The van der Waals surface area contributed by atoms with Crippen LogP contribution in [0.5, 0.6) is 0 Å². The lowest BCUT2D eigenvalue weighted by Gasteiger charge is -1.99. The summed E-state index contributed by atoms with van der Waals surface area (Å²) in [6, 6.07) is 0. The molecule has 0 aliphatic rings. The predicted octanol–water partition coefficient (Wildman–Crippen LogP) is 2.92. The van der Waals surface area contributed by atoms with Gasteiger partial charge in [-0.05, 0) is 0 Å². The summed E-state index contributed by atoms with van der Waals surface area (Å²) in [7, 11) is 0. The molecule has 4 nitrogen and oxygen atoms in total. The van der Waals surface area contributed by atoms with E-state index in [-0.39, 0.29) is 24.8 Å². The maximum Gasteiger partial charge on any atom is 0.490 e. The van der Waals surface area contributed by atoms with Gasteiger partial charge in [0, 0.05) is 0 Å². The summed E-state index contributed by atoms with van der Waals surface area (Å²) < 4.78 is 29.6. The molecule has 0 amide bonds. The molecule has 12 heteroatoms. The first-order chi connectivity index (χ1) is 5.89. The van der Waals surface area contributed by atoms with Gasteiger partial charge in [0.15, 0.2) is 0 Å². The van der Waals surface area contributed by atoms with Gasteiger partial charge in [-0.15, -0.1) is 24.8 Å². The summed E-state index contributed by atoms with van der Waals surface area (Å²) in [5, 5.41) is 15.0. The third-order valence-corrected chi connectivity index (χ3v) is 0.970. The fraction of sp³-hybridized carbons (Fsp3) is 0.500. The molecule has 16 heavy (non-hydrogen) atoms. The van der Waals surface area contributed by atoms with Gasteiger partial charge in [-0.2, -0.15) is 13.2 Å². The molecule has 0 aromatic carbocycles. The van der Waals surface area contributed by atoms with Crippen molar-refractivity contribution in [3.63, 3.8) is 0 Å². The molecule has 0 heterocycles. The third-order valence-electron chi connectivity index (χ3n) is 0.485. The van der Waals surface area contributed by atoms with Crippen LogP contribution in [0.1, 0.15) is 0 Å². The lowest BCUT2D eigenvalue weighted by Crippen LogP contribution is -2.21. The van der Waals surface area contributed by atoms with E-state index < -0.39 is 21.9 Å². The Bertz CT molecular complexity index is 201. The van der Waals surface area contributed by atoms with Gasteiger partial charge >= 0.3 is 18.1 Å². The van der Waals surface area contributed by atoms with Gasteiger partial charge in [0.2, 0.25) is 0 Å². The number of alkyl halides is 6. The van der Waals surface area contributed by atoms with Crippen molar-refractivity contribution in [3.05, 3.63) is 0 Å². The van der Waals surface area contributed by atoms with Gasteiger partial charge in [0.05, 0.1) is 0 Å². The molecule has 0 spiro atoms. The number of carboxylic acid groups (broad SMARTS) is 2. The molecule has 0 saturated carbocycles. The molecule has 0 aromatic heterocycles. The maximum absolute atomic E-state index is 10.6. The Balaban J connectivity index is -0.0000000800. The van der Waals surface area contributed by atoms with Crippen molar-refractivity contribution in [2.45, 2.75) is 9.97 Å². The second-order valence-electron chi connectivity index (χ2n) is 1.61. The van der Waals surface area contributed by atoms with E-state index in [1.165, 1.54) is 0 Å². The van der Waals surface area contributed by atoms with Gasteiger partial charge in [-0.1, -0.05) is 34.8 Å². The Labute approximate surface area is 114 Å². The van der Waals surface area contributed by atoms with Crippen molar-refractivity contribution in [1.29, 1.82) is 0 Å². The van der Waals surface area contributed by atoms with Crippen LogP contribution in [0.3, 0.4) is 0 Å². The average molecular weight is 350 g/mol. The SMILES string of the molecule is Cl.Cl.O=C(O)C(Cl)(Cl)Cl.O=C(O)C(F)(F)F. The second kappa shape index (κ2) is 9.23. The predicted molar refractivity (Wildman–Crippen MR) is 56.1 cm³/mol. The van der Waals surface area contributed by atoms with Crippen LogP contribution in [0.25, 0.3) is 0 Å². The number of carboxylic acids is 2. The largest absolute Gasteiger partial charge is 0.490 e. The number of hydrogen-bond donors (Lipinski definition) is 2. The molecular formula is C4H4Cl5F3O4. The molecule has 100 valence electrons. The minimum atomic E-state index is -5.08. The quantitative estimate of drug-likeness (QED) is 0.659. The molecule has 0 rings (SSSR count). The van der Waals surface area contributed by atoms with Crippen molar-refractivity contribution >= 4 is 71.6 Å². The van der Waals surface area contributed by atoms with E-state index in [1.807, 2.05) is 0 Å². The number of aliphatic carboxylic acids is 2. The van der Waals surface area contributed by atoms with Crippen LogP contribution in [-0.2, 0) is 9.59 Å². The monoisotopic (exact) mass is 348 g/mol. The molecule has 0 aromatic rings. The zero-order chi connectivity index (χ0) is 12.2. The number of carbonyl (C=O) groups is 2. The lowest BCUT2D eigenvalue weighted by atomic mass is 10.7. The van der Waals surface area contributed by atoms with Crippen LogP contribution in [-0.4, -0.2) is 32.1 Å². The van der Waals surface area contributed by atoms with E-state index >= 15 is 0 Å². The molecule has 0 bridgehead atoms. The summed E-state index contributed by atoms with van der Waals surface area (Å²) in [4.78, 5) is 18.5. The van der Waals surface area contributed by atoms with E-state index in [0.29, 0.717) is 0 Å². The molecule has 0 atom stereocenters. The highest BCUT2D eigenvalue weighted by molar-refractivity contribution is 6.75. The molecule has 0 fully saturated rings. The summed E-state index contributed by atoms with van der Waals surface area (Å²) >= 11 is 14.4. The molecule has 0 aliphatic carbocycles. The fourth-order valence-electron chi connectivity index (χ4n) is 0. The molecule has 0 aliphatic heterocycles. The van der Waals surface area contributed by atoms with E-state index in [9.17, 15) is 18.0 Å². The normalized spacial score (nSPS) is 9.88. The Morgan fingerprint density at radius 3 is 1.00 bits per heavy atom.